The molecule has 0 saturated carbocycles. The normalized spacial score (nSPS) is 10.6. The van der Waals surface area contributed by atoms with Crippen LogP contribution in [0.2, 0.25) is 0 Å². The number of carboxylic acid groups (broad SMARTS) is 1. The van der Waals surface area contributed by atoms with Crippen molar-refractivity contribution in [1.29, 1.82) is 0 Å². The molecule has 0 aliphatic heterocycles. The Morgan fingerprint density at radius 1 is 1.43 bits per heavy atom. The van der Waals surface area contributed by atoms with Gasteiger partial charge in [-0.3, -0.25) is 0 Å². The molecule has 3 nitrogen and oxygen atoms in total. The van der Waals surface area contributed by atoms with Crippen molar-refractivity contribution in [1.82, 2.24) is 0 Å². The zero-order valence-corrected chi connectivity index (χ0v) is 8.26. The molecule has 0 spiro atoms. The predicted molar refractivity (Wildman–Crippen MR) is 55.2 cm³/mol. The quantitative estimate of drug-likeness (QED) is 0.757. The zero-order valence-electron chi connectivity index (χ0n) is 7.44. The number of benzene rings is 1. The summed E-state index contributed by atoms with van der Waals surface area (Å²) in [5.41, 5.74) is 1.10. The van der Waals surface area contributed by atoms with Crippen molar-refractivity contribution in [3.63, 3.8) is 0 Å². The lowest BCUT2D eigenvalue weighted by Gasteiger charge is -1.99. The first-order valence-corrected chi connectivity index (χ1v) is 4.91. The third-order valence-corrected chi connectivity index (χ3v) is 3.02. The molecular weight excluding hydrogens is 200 g/mol. The molecular formula is C10H8O3S. The van der Waals surface area contributed by atoms with Crippen LogP contribution in [0.3, 0.4) is 0 Å². The van der Waals surface area contributed by atoms with Crippen LogP contribution in [-0.2, 0) is 0 Å². The van der Waals surface area contributed by atoms with Crippen molar-refractivity contribution in [2.75, 3.05) is 0 Å². The number of fused-ring (bicyclic) bond motifs is 1. The molecule has 2 rings (SSSR count). The highest BCUT2D eigenvalue weighted by Crippen LogP contribution is 2.32. The van der Waals surface area contributed by atoms with Gasteiger partial charge in [-0.25, -0.2) is 4.79 Å². The molecule has 4 heteroatoms. The van der Waals surface area contributed by atoms with Crippen molar-refractivity contribution in [3.8, 4) is 5.75 Å². The predicted octanol–water partition coefficient (Wildman–Crippen LogP) is 2.61. The Balaban J connectivity index is 2.85. The van der Waals surface area contributed by atoms with E-state index in [1.165, 1.54) is 11.3 Å². The van der Waals surface area contributed by atoms with E-state index in [0.717, 1.165) is 15.6 Å². The van der Waals surface area contributed by atoms with Crippen LogP contribution < -0.4 is 0 Å². The SMILES string of the molecule is Cc1cc(O)cc2scc(C(=O)O)c12. The van der Waals surface area contributed by atoms with Crippen LogP contribution >= 0.6 is 11.3 Å². The summed E-state index contributed by atoms with van der Waals surface area (Å²) in [6.45, 7) is 1.79. The van der Waals surface area contributed by atoms with Gasteiger partial charge in [-0.15, -0.1) is 11.3 Å². The van der Waals surface area contributed by atoms with Gasteiger partial charge < -0.3 is 10.2 Å². The number of aryl methyl sites for hydroxylation is 1. The summed E-state index contributed by atoms with van der Waals surface area (Å²) in [5.74, 6) is -0.751. The van der Waals surface area contributed by atoms with Crippen LogP contribution in [0.4, 0.5) is 0 Å². The number of aromatic carboxylic acids is 1. The maximum Gasteiger partial charge on any atom is 0.337 e. The molecule has 0 aliphatic carbocycles. The average molecular weight is 208 g/mol. The van der Waals surface area contributed by atoms with Gasteiger partial charge in [-0.2, -0.15) is 0 Å². The van der Waals surface area contributed by atoms with Gasteiger partial charge in [0, 0.05) is 15.5 Å². The van der Waals surface area contributed by atoms with Gasteiger partial charge in [0.25, 0.3) is 0 Å². The first kappa shape index (κ1) is 9.02. The number of phenolic OH excluding ortho intramolecular Hbond substituents is 1. The van der Waals surface area contributed by atoms with E-state index in [1.54, 1.807) is 24.4 Å². The molecule has 0 saturated heterocycles. The lowest BCUT2D eigenvalue weighted by Crippen LogP contribution is -1.94. The number of thiophene rings is 1. The molecule has 1 aromatic heterocycles. The van der Waals surface area contributed by atoms with Crippen LogP contribution in [0.1, 0.15) is 15.9 Å². The Morgan fingerprint density at radius 3 is 2.79 bits per heavy atom. The fraction of sp³-hybridized carbons (Fsp3) is 0.100. The Kier molecular flexibility index (Phi) is 1.93. The van der Waals surface area contributed by atoms with Crippen LogP contribution in [0, 0.1) is 6.92 Å². The molecule has 0 fully saturated rings. The summed E-state index contributed by atoms with van der Waals surface area (Å²) in [5, 5.41) is 20.5. The van der Waals surface area contributed by atoms with Crippen molar-refractivity contribution in [2.24, 2.45) is 0 Å². The summed E-state index contributed by atoms with van der Waals surface area (Å²) >= 11 is 1.33. The van der Waals surface area contributed by atoms with E-state index in [2.05, 4.69) is 0 Å². The van der Waals surface area contributed by atoms with Crippen molar-refractivity contribution >= 4 is 27.4 Å². The second-order valence-electron chi connectivity index (χ2n) is 3.09. The average Bonchev–Trinajstić information content (AvgIpc) is 2.47. The van der Waals surface area contributed by atoms with E-state index in [9.17, 15) is 9.90 Å². The molecule has 0 radical (unpaired) electrons. The van der Waals surface area contributed by atoms with Gasteiger partial charge in [-0.05, 0) is 24.6 Å². The highest BCUT2D eigenvalue weighted by molar-refractivity contribution is 7.17. The van der Waals surface area contributed by atoms with Gasteiger partial charge in [0.1, 0.15) is 5.75 Å². The third-order valence-electron chi connectivity index (χ3n) is 2.09. The fourth-order valence-electron chi connectivity index (χ4n) is 1.51. The maximum absolute atomic E-state index is 10.9. The highest BCUT2D eigenvalue weighted by Gasteiger charge is 2.13. The van der Waals surface area contributed by atoms with Crippen molar-refractivity contribution in [3.05, 3.63) is 28.6 Å². The first-order valence-electron chi connectivity index (χ1n) is 4.03. The molecule has 0 amide bonds. The first-order chi connectivity index (χ1) is 6.59. The minimum absolute atomic E-state index is 0.175. The van der Waals surface area contributed by atoms with Gasteiger partial charge in [0.2, 0.25) is 0 Å². The Labute approximate surface area is 84.2 Å². The monoisotopic (exact) mass is 208 g/mol. The molecule has 14 heavy (non-hydrogen) atoms. The van der Waals surface area contributed by atoms with Gasteiger partial charge in [0.15, 0.2) is 0 Å². The molecule has 0 atom stereocenters. The fourth-order valence-corrected chi connectivity index (χ4v) is 2.55. The lowest BCUT2D eigenvalue weighted by molar-refractivity contribution is 0.0699. The van der Waals surface area contributed by atoms with Gasteiger partial charge in [0.05, 0.1) is 5.56 Å². The molecule has 2 N–H and O–H groups in total. The van der Waals surface area contributed by atoms with E-state index < -0.39 is 5.97 Å². The summed E-state index contributed by atoms with van der Waals surface area (Å²) in [4.78, 5) is 10.9. The van der Waals surface area contributed by atoms with Crippen LogP contribution in [0.25, 0.3) is 10.1 Å². The second kappa shape index (κ2) is 2.99. The van der Waals surface area contributed by atoms with Gasteiger partial charge >= 0.3 is 5.97 Å². The largest absolute Gasteiger partial charge is 0.508 e. The minimum Gasteiger partial charge on any atom is -0.508 e. The molecule has 1 heterocycles. The second-order valence-corrected chi connectivity index (χ2v) is 4.00. The highest BCUT2D eigenvalue weighted by atomic mass is 32.1. The maximum atomic E-state index is 10.9. The van der Waals surface area contributed by atoms with Crippen molar-refractivity contribution in [2.45, 2.75) is 6.92 Å². The van der Waals surface area contributed by atoms with E-state index >= 15 is 0 Å². The number of carboxylic acids is 1. The lowest BCUT2D eigenvalue weighted by atomic mass is 10.1. The molecule has 0 aliphatic rings. The van der Waals surface area contributed by atoms with Crippen molar-refractivity contribution < 1.29 is 15.0 Å². The molecule has 0 bridgehead atoms. The topological polar surface area (TPSA) is 57.5 Å². The number of phenols is 1. The van der Waals surface area contributed by atoms with E-state index in [4.69, 9.17) is 5.11 Å². The van der Waals surface area contributed by atoms with E-state index in [0.29, 0.717) is 5.56 Å². The number of carbonyl (C=O) groups is 1. The summed E-state index contributed by atoms with van der Waals surface area (Å²) in [6, 6.07) is 3.15. The standard InChI is InChI=1S/C10H8O3S/c1-5-2-6(11)3-8-9(5)7(4-14-8)10(12)13/h2-4,11H,1H3,(H,12,13). The summed E-state index contributed by atoms with van der Waals surface area (Å²) in [7, 11) is 0. The van der Waals surface area contributed by atoms with Crippen LogP contribution in [0.5, 0.6) is 5.75 Å². The number of aromatic hydroxyl groups is 1. The van der Waals surface area contributed by atoms with Crippen LogP contribution in [0.15, 0.2) is 17.5 Å². The smallest absolute Gasteiger partial charge is 0.337 e. The Hall–Kier alpha value is -1.55. The molecule has 0 unspecified atom stereocenters. The number of hydrogen-bond donors (Lipinski definition) is 2. The number of rotatable bonds is 1. The zero-order chi connectivity index (χ0) is 10.3. The van der Waals surface area contributed by atoms with E-state index in [-0.39, 0.29) is 5.75 Å². The number of hydrogen-bond acceptors (Lipinski definition) is 3. The summed E-state index contributed by atoms with van der Waals surface area (Å²) in [6.07, 6.45) is 0. The Bertz CT molecular complexity index is 513. The Morgan fingerprint density at radius 2 is 2.14 bits per heavy atom. The van der Waals surface area contributed by atoms with Gasteiger partial charge in [-0.1, -0.05) is 0 Å². The molecule has 72 valence electrons. The minimum atomic E-state index is -0.926. The van der Waals surface area contributed by atoms with E-state index in [1.807, 2.05) is 0 Å². The molecule has 1 aromatic carbocycles. The molecule has 2 aromatic rings. The summed E-state index contributed by atoms with van der Waals surface area (Å²) < 4.78 is 0.805. The third kappa shape index (κ3) is 1.24. The van der Waals surface area contributed by atoms with Crippen LogP contribution in [-0.4, -0.2) is 16.2 Å².